The summed E-state index contributed by atoms with van der Waals surface area (Å²) in [5.74, 6) is 0. The van der Waals surface area contributed by atoms with Crippen molar-refractivity contribution in [3.05, 3.63) is 34.9 Å². The molecule has 0 bridgehead atoms. The van der Waals surface area contributed by atoms with Crippen LogP contribution in [0.15, 0.2) is 24.3 Å². The van der Waals surface area contributed by atoms with Crippen molar-refractivity contribution in [3.8, 4) is 6.07 Å². The zero-order valence-corrected chi connectivity index (χ0v) is 13.4. The van der Waals surface area contributed by atoms with Gasteiger partial charge in [0.15, 0.2) is 0 Å². The normalized spacial score (nSPS) is 25.8. The molecule has 3 nitrogen and oxygen atoms in total. The lowest BCUT2D eigenvalue weighted by molar-refractivity contribution is 0.152. The lowest BCUT2D eigenvalue weighted by Crippen LogP contribution is -2.44. The van der Waals surface area contributed by atoms with Crippen LogP contribution in [-0.2, 0) is 5.41 Å². The summed E-state index contributed by atoms with van der Waals surface area (Å²) in [6.07, 6.45) is 5.04. The van der Waals surface area contributed by atoms with Crippen LogP contribution in [0.25, 0.3) is 0 Å². The highest BCUT2D eigenvalue weighted by Gasteiger charge is 2.36. The number of nitriles is 1. The van der Waals surface area contributed by atoms with Crippen LogP contribution in [0.2, 0.25) is 5.02 Å². The zero-order valence-electron chi connectivity index (χ0n) is 12.7. The fourth-order valence-electron chi connectivity index (χ4n) is 3.43. The average Bonchev–Trinajstić information content (AvgIpc) is 2.52. The van der Waals surface area contributed by atoms with Gasteiger partial charge >= 0.3 is 0 Å². The molecule has 0 aliphatic heterocycles. The maximum atomic E-state index is 8.70. The van der Waals surface area contributed by atoms with E-state index in [2.05, 4.69) is 30.1 Å². The van der Waals surface area contributed by atoms with Gasteiger partial charge in [-0.3, -0.25) is 0 Å². The Morgan fingerprint density at radius 1 is 1.43 bits per heavy atom. The number of halogens is 1. The first-order valence-corrected chi connectivity index (χ1v) is 8.02. The predicted octanol–water partition coefficient (Wildman–Crippen LogP) is 3.32. The van der Waals surface area contributed by atoms with Crippen LogP contribution in [-0.4, -0.2) is 31.1 Å². The minimum Gasteiger partial charge on any atom is -0.330 e. The third kappa shape index (κ3) is 3.77. The highest BCUT2D eigenvalue weighted by molar-refractivity contribution is 6.30. The lowest BCUT2D eigenvalue weighted by Gasteiger charge is -2.42. The van der Waals surface area contributed by atoms with Gasteiger partial charge in [-0.05, 0) is 50.4 Å². The quantitative estimate of drug-likeness (QED) is 0.908. The van der Waals surface area contributed by atoms with E-state index in [1.807, 2.05) is 12.1 Å². The number of nitrogens with two attached hydrogens (primary N) is 1. The molecule has 1 fully saturated rings. The smallest absolute Gasteiger partial charge is 0.0635 e. The van der Waals surface area contributed by atoms with Crippen LogP contribution in [0.4, 0.5) is 0 Å². The predicted molar refractivity (Wildman–Crippen MR) is 87.3 cm³/mol. The van der Waals surface area contributed by atoms with Gasteiger partial charge in [-0.2, -0.15) is 5.26 Å². The largest absolute Gasteiger partial charge is 0.330 e. The first-order chi connectivity index (χ1) is 10.1. The van der Waals surface area contributed by atoms with Gasteiger partial charge < -0.3 is 10.6 Å². The molecule has 1 aromatic carbocycles. The molecule has 0 saturated heterocycles. The van der Waals surface area contributed by atoms with E-state index in [0.717, 1.165) is 37.3 Å². The summed E-state index contributed by atoms with van der Waals surface area (Å²) in [6.45, 7) is 1.52. The number of hydrogen-bond donors (Lipinski definition) is 1. The molecule has 4 heteroatoms. The Hall–Kier alpha value is -1.08. The second-order valence-electron chi connectivity index (χ2n) is 6.11. The maximum absolute atomic E-state index is 8.70. The van der Waals surface area contributed by atoms with Crippen LogP contribution in [0, 0.1) is 11.3 Å². The summed E-state index contributed by atoms with van der Waals surface area (Å²) >= 11 is 6.14. The summed E-state index contributed by atoms with van der Waals surface area (Å²) in [6, 6.07) is 10.9. The zero-order chi connectivity index (χ0) is 15.3. The average molecular weight is 306 g/mol. The molecule has 1 saturated carbocycles. The van der Waals surface area contributed by atoms with Crippen LogP contribution in [0.1, 0.15) is 37.7 Å². The van der Waals surface area contributed by atoms with E-state index in [9.17, 15) is 0 Å². The summed E-state index contributed by atoms with van der Waals surface area (Å²) in [5, 5.41) is 9.49. The lowest BCUT2D eigenvalue weighted by atomic mass is 9.68. The first kappa shape index (κ1) is 16.3. The molecule has 0 aromatic heterocycles. The third-order valence-corrected chi connectivity index (χ3v) is 5.17. The van der Waals surface area contributed by atoms with E-state index in [-0.39, 0.29) is 5.41 Å². The maximum Gasteiger partial charge on any atom is 0.0635 e. The van der Waals surface area contributed by atoms with E-state index < -0.39 is 0 Å². The molecule has 21 heavy (non-hydrogen) atoms. The Kier molecular flexibility index (Phi) is 5.64. The van der Waals surface area contributed by atoms with Crippen LogP contribution in [0.5, 0.6) is 0 Å². The Morgan fingerprint density at radius 2 is 2.14 bits per heavy atom. The fourth-order valence-corrected chi connectivity index (χ4v) is 3.62. The van der Waals surface area contributed by atoms with E-state index in [0.29, 0.717) is 19.0 Å². The number of nitrogens with zero attached hydrogens (tertiary/aromatic N) is 2. The van der Waals surface area contributed by atoms with Crippen molar-refractivity contribution >= 4 is 11.6 Å². The SMILES string of the molecule is CN(CCC#N)C1CCC(CN)(c2cccc(Cl)c2)CC1. The second-order valence-corrected chi connectivity index (χ2v) is 6.55. The molecule has 0 heterocycles. The van der Waals surface area contributed by atoms with Crippen molar-refractivity contribution in [1.82, 2.24) is 4.90 Å². The molecule has 0 radical (unpaired) electrons. The molecule has 1 aliphatic carbocycles. The highest BCUT2D eigenvalue weighted by Crippen LogP contribution is 2.40. The second kappa shape index (κ2) is 7.26. The molecular weight excluding hydrogens is 282 g/mol. The minimum absolute atomic E-state index is 0.0669. The molecule has 1 aromatic rings. The number of hydrogen-bond acceptors (Lipinski definition) is 3. The van der Waals surface area contributed by atoms with Crippen LogP contribution in [0.3, 0.4) is 0 Å². The van der Waals surface area contributed by atoms with Crippen molar-refractivity contribution in [2.24, 2.45) is 5.73 Å². The monoisotopic (exact) mass is 305 g/mol. The van der Waals surface area contributed by atoms with E-state index >= 15 is 0 Å². The summed E-state index contributed by atoms with van der Waals surface area (Å²) in [4.78, 5) is 2.32. The van der Waals surface area contributed by atoms with E-state index in [1.54, 1.807) is 0 Å². The molecule has 0 amide bonds. The van der Waals surface area contributed by atoms with E-state index in [1.165, 1.54) is 5.56 Å². The van der Waals surface area contributed by atoms with Gasteiger partial charge in [0.1, 0.15) is 0 Å². The standard InChI is InChI=1S/C17H24ClN3/c1-21(11-3-10-19)16-6-8-17(13-20,9-7-16)14-4-2-5-15(18)12-14/h2,4-5,12,16H,3,6-9,11,13,20H2,1H3. The Bertz CT molecular complexity index is 501. The van der Waals surface area contributed by atoms with Gasteiger partial charge in [0.05, 0.1) is 6.07 Å². The van der Waals surface area contributed by atoms with Crippen molar-refractivity contribution in [2.75, 3.05) is 20.1 Å². The molecule has 0 spiro atoms. The summed E-state index contributed by atoms with van der Waals surface area (Å²) < 4.78 is 0. The van der Waals surface area contributed by atoms with Crippen LogP contribution >= 0.6 is 11.6 Å². The molecule has 0 unspecified atom stereocenters. The van der Waals surface area contributed by atoms with Crippen molar-refractivity contribution < 1.29 is 0 Å². The minimum atomic E-state index is 0.0669. The van der Waals surface area contributed by atoms with Gasteiger partial charge in [-0.1, -0.05) is 23.7 Å². The molecule has 2 N–H and O–H groups in total. The Labute approximate surface area is 132 Å². The topological polar surface area (TPSA) is 53.0 Å². The van der Waals surface area contributed by atoms with Crippen LogP contribution < -0.4 is 5.73 Å². The molecule has 114 valence electrons. The third-order valence-electron chi connectivity index (χ3n) is 4.94. The van der Waals surface area contributed by atoms with Gasteiger partial charge in [0, 0.05) is 36.0 Å². The Balaban J connectivity index is 2.04. The van der Waals surface area contributed by atoms with Crippen molar-refractivity contribution in [3.63, 3.8) is 0 Å². The fraction of sp³-hybridized carbons (Fsp3) is 0.588. The summed E-state index contributed by atoms with van der Waals surface area (Å²) in [5.41, 5.74) is 7.46. The van der Waals surface area contributed by atoms with Crippen molar-refractivity contribution in [1.29, 1.82) is 5.26 Å². The first-order valence-electron chi connectivity index (χ1n) is 7.64. The molecular formula is C17H24ClN3. The molecule has 0 atom stereocenters. The van der Waals surface area contributed by atoms with Gasteiger partial charge in [0.25, 0.3) is 0 Å². The highest BCUT2D eigenvalue weighted by atomic mass is 35.5. The molecule has 2 rings (SSSR count). The van der Waals surface area contributed by atoms with E-state index in [4.69, 9.17) is 22.6 Å². The Morgan fingerprint density at radius 3 is 2.71 bits per heavy atom. The number of benzene rings is 1. The van der Waals surface area contributed by atoms with Crippen molar-refractivity contribution in [2.45, 2.75) is 43.6 Å². The molecule has 1 aliphatic rings. The summed E-state index contributed by atoms with van der Waals surface area (Å²) in [7, 11) is 2.12. The van der Waals surface area contributed by atoms with Gasteiger partial charge in [-0.15, -0.1) is 0 Å². The number of rotatable bonds is 5. The van der Waals surface area contributed by atoms with Gasteiger partial charge in [-0.25, -0.2) is 0 Å². The van der Waals surface area contributed by atoms with Gasteiger partial charge in [0.2, 0.25) is 0 Å².